The lowest BCUT2D eigenvalue weighted by molar-refractivity contribution is 0.816. The zero-order valence-corrected chi connectivity index (χ0v) is 18.5. The molecule has 6 aromatic rings. The van der Waals surface area contributed by atoms with Crippen molar-refractivity contribution >= 4 is 64.7 Å². The van der Waals surface area contributed by atoms with Gasteiger partial charge in [-0.15, -0.1) is 10.5 Å². The van der Waals surface area contributed by atoms with Crippen molar-refractivity contribution in [2.45, 2.75) is 15.8 Å². The smallest absolute Gasteiger partial charge is 0.0857 e. The van der Waals surface area contributed by atoms with E-state index in [2.05, 4.69) is 112 Å². The molecular formula is C30H18N2S. The first-order valence-corrected chi connectivity index (χ1v) is 12.7. The molecule has 0 saturated carbocycles. The van der Waals surface area contributed by atoms with E-state index >= 15 is 0 Å². The van der Waals surface area contributed by atoms with E-state index in [0.717, 1.165) is 0 Å². The van der Waals surface area contributed by atoms with Crippen LogP contribution in [-0.2, 0) is 0 Å². The van der Waals surface area contributed by atoms with E-state index in [1.165, 1.54) is 64.0 Å². The number of fused-ring (bicyclic) bond motifs is 10. The molecule has 0 saturated heterocycles. The third kappa shape index (κ3) is 1.78. The molecule has 2 aromatic heterocycles. The molecule has 0 spiro atoms. The van der Waals surface area contributed by atoms with Crippen molar-refractivity contribution in [3.05, 3.63) is 103 Å². The Bertz CT molecular complexity index is 1980. The molecule has 0 amide bonds. The largest absolute Gasteiger partial charge is 0.328 e. The zero-order valence-electron chi connectivity index (χ0n) is 17.7. The minimum Gasteiger partial charge on any atom is -0.328 e. The number of allylic oxidation sites excluding steroid dienone is 4. The number of aromatic nitrogens is 2. The zero-order chi connectivity index (χ0) is 21.3. The Kier molecular flexibility index (Phi) is 2.83. The summed E-state index contributed by atoms with van der Waals surface area (Å²) < 4.78 is 5.13. The lowest BCUT2D eigenvalue weighted by Gasteiger charge is -2.37. The van der Waals surface area contributed by atoms with E-state index in [9.17, 15) is 0 Å². The normalized spacial score (nSPS) is 20.1. The van der Waals surface area contributed by atoms with Crippen LogP contribution >= 0.6 is 10.5 Å². The second-order valence-electron chi connectivity index (χ2n) is 9.10. The molecule has 0 bridgehead atoms. The number of hydrogen-bond donors (Lipinski definition) is 0. The maximum atomic E-state index is 2.60. The third-order valence-electron chi connectivity index (χ3n) is 7.60. The number of hydrogen-bond acceptors (Lipinski definition) is 0. The first-order valence-electron chi connectivity index (χ1n) is 11.5. The van der Waals surface area contributed by atoms with Crippen molar-refractivity contribution in [3.8, 4) is 0 Å². The minimum absolute atomic E-state index is 0.106. The summed E-state index contributed by atoms with van der Waals surface area (Å²) in [6.45, 7) is 0. The summed E-state index contributed by atoms with van der Waals surface area (Å²) in [5.74, 6) is 0. The molecule has 9 rings (SSSR count). The summed E-state index contributed by atoms with van der Waals surface area (Å²) >= 11 is 0. The van der Waals surface area contributed by atoms with Gasteiger partial charge in [-0.1, -0.05) is 72.8 Å². The van der Waals surface area contributed by atoms with Gasteiger partial charge in [0.1, 0.15) is 0 Å². The molecule has 1 aliphatic carbocycles. The monoisotopic (exact) mass is 438 g/mol. The minimum atomic E-state index is -0.106. The average molecular weight is 439 g/mol. The SMILES string of the molecule is C1=CC2C3=S(c4cccc5c6ccccc6n(c45)C3=C1)c1cccc3c4ccccc4n2c13. The Morgan fingerprint density at radius 3 is 2.06 bits per heavy atom. The van der Waals surface area contributed by atoms with Crippen LogP contribution in [0, 0.1) is 0 Å². The van der Waals surface area contributed by atoms with E-state index in [1.54, 1.807) is 0 Å². The lowest BCUT2D eigenvalue weighted by Crippen LogP contribution is -2.28. The third-order valence-corrected chi connectivity index (χ3v) is 10.0. The van der Waals surface area contributed by atoms with Gasteiger partial charge in [-0.05, 0) is 30.3 Å². The standard InChI is InChI=1S/C30H18N2S/c1-3-12-22-18(8-1)20-10-5-16-26-28(20)31(22)24-14-7-15-25-30(24)33(26)27-17-6-11-21-19-9-2-4-13-23(19)32(25)29(21)27/h1-17,24H. The van der Waals surface area contributed by atoms with Crippen molar-refractivity contribution in [3.63, 3.8) is 0 Å². The van der Waals surface area contributed by atoms with Gasteiger partial charge in [0.15, 0.2) is 0 Å². The van der Waals surface area contributed by atoms with Gasteiger partial charge < -0.3 is 9.13 Å². The molecule has 4 heterocycles. The Labute approximate surface area is 192 Å². The van der Waals surface area contributed by atoms with E-state index in [4.69, 9.17) is 0 Å². The van der Waals surface area contributed by atoms with E-state index < -0.39 is 0 Å². The second-order valence-corrected chi connectivity index (χ2v) is 11.0. The highest BCUT2D eigenvalue weighted by atomic mass is 32.2. The molecule has 0 N–H and O–H groups in total. The van der Waals surface area contributed by atoms with Crippen LogP contribution in [-0.4, -0.2) is 14.0 Å². The number of benzene rings is 4. The van der Waals surface area contributed by atoms with Gasteiger partial charge in [-0.3, -0.25) is 0 Å². The fourth-order valence-electron chi connectivity index (χ4n) is 6.42. The molecule has 3 heteroatoms. The summed E-state index contributed by atoms with van der Waals surface area (Å²) in [4.78, 5) is 4.44. The molecule has 33 heavy (non-hydrogen) atoms. The Hall–Kier alpha value is -3.82. The molecule has 2 atom stereocenters. The van der Waals surface area contributed by atoms with Gasteiger partial charge in [0.25, 0.3) is 0 Å². The van der Waals surface area contributed by atoms with Crippen LogP contribution in [0.15, 0.2) is 113 Å². The molecule has 2 nitrogen and oxygen atoms in total. The van der Waals surface area contributed by atoms with Gasteiger partial charge in [0.05, 0.1) is 28.3 Å². The Morgan fingerprint density at radius 2 is 1.24 bits per heavy atom. The van der Waals surface area contributed by atoms with Gasteiger partial charge in [-0.25, -0.2) is 0 Å². The fourth-order valence-corrected chi connectivity index (χ4v) is 9.15. The predicted molar refractivity (Wildman–Crippen MR) is 140 cm³/mol. The Morgan fingerprint density at radius 1 is 0.606 bits per heavy atom. The predicted octanol–water partition coefficient (Wildman–Crippen LogP) is 7.74. The molecule has 3 aliphatic rings. The Balaban J connectivity index is 1.55. The summed E-state index contributed by atoms with van der Waals surface area (Å²) in [6.07, 6.45) is 7.01. The van der Waals surface area contributed by atoms with Crippen molar-refractivity contribution in [1.82, 2.24) is 9.13 Å². The average Bonchev–Trinajstić information content (AvgIpc) is 3.39. The van der Waals surface area contributed by atoms with Crippen LogP contribution < -0.4 is 0 Å². The van der Waals surface area contributed by atoms with E-state index in [0.29, 0.717) is 0 Å². The molecular weight excluding hydrogens is 420 g/mol. The van der Waals surface area contributed by atoms with Gasteiger partial charge in [0.2, 0.25) is 0 Å². The quantitative estimate of drug-likeness (QED) is 0.215. The van der Waals surface area contributed by atoms with Gasteiger partial charge in [-0.2, -0.15) is 0 Å². The van der Waals surface area contributed by atoms with Crippen molar-refractivity contribution in [2.24, 2.45) is 0 Å². The van der Waals surface area contributed by atoms with E-state index in [-0.39, 0.29) is 16.5 Å². The topological polar surface area (TPSA) is 9.86 Å². The maximum absolute atomic E-state index is 2.60. The van der Waals surface area contributed by atoms with Crippen LogP contribution in [0.25, 0.3) is 49.3 Å². The summed E-state index contributed by atoms with van der Waals surface area (Å²) in [5, 5.41) is 5.43. The number of nitrogens with zero attached hydrogens (tertiary/aromatic N) is 2. The van der Waals surface area contributed by atoms with Crippen LogP contribution in [0.5, 0.6) is 0 Å². The first-order chi connectivity index (χ1) is 16.4. The van der Waals surface area contributed by atoms with Crippen molar-refractivity contribution < 1.29 is 0 Å². The van der Waals surface area contributed by atoms with Crippen LogP contribution in [0.4, 0.5) is 0 Å². The van der Waals surface area contributed by atoms with Crippen LogP contribution in [0.1, 0.15) is 6.04 Å². The molecule has 0 fully saturated rings. The summed E-state index contributed by atoms with van der Waals surface area (Å²) in [5.41, 5.74) is 6.78. The molecule has 0 radical (unpaired) electrons. The van der Waals surface area contributed by atoms with Crippen LogP contribution in [0.3, 0.4) is 0 Å². The molecule has 154 valence electrons. The van der Waals surface area contributed by atoms with Crippen LogP contribution in [0.2, 0.25) is 0 Å². The number of para-hydroxylation sites is 4. The molecule has 4 aromatic carbocycles. The summed E-state index contributed by atoms with van der Waals surface area (Å²) in [6, 6.07) is 31.9. The molecule has 2 aliphatic heterocycles. The lowest BCUT2D eigenvalue weighted by atomic mass is 10.0. The first kappa shape index (κ1) is 16.8. The second kappa shape index (κ2) is 5.56. The highest BCUT2D eigenvalue weighted by Crippen LogP contribution is 2.57. The van der Waals surface area contributed by atoms with Gasteiger partial charge in [0, 0.05) is 41.7 Å². The maximum Gasteiger partial charge on any atom is 0.0857 e. The van der Waals surface area contributed by atoms with E-state index in [1.807, 2.05) is 0 Å². The highest BCUT2D eigenvalue weighted by molar-refractivity contribution is 8.17. The highest BCUT2D eigenvalue weighted by Gasteiger charge is 2.37. The van der Waals surface area contributed by atoms with Crippen molar-refractivity contribution in [1.29, 1.82) is 0 Å². The number of rotatable bonds is 0. The molecule has 2 unspecified atom stereocenters. The summed E-state index contributed by atoms with van der Waals surface area (Å²) in [7, 11) is -0.106. The fraction of sp³-hybridized carbons (Fsp3) is 0.0333. The van der Waals surface area contributed by atoms with Gasteiger partial charge >= 0.3 is 0 Å². The van der Waals surface area contributed by atoms with Crippen molar-refractivity contribution in [2.75, 3.05) is 0 Å².